The highest BCUT2D eigenvalue weighted by Crippen LogP contribution is 2.36. The SMILES string of the molecule is CC(C)=C1c2ccc(C)cc2CCc2cc(F)ccc21. The van der Waals surface area contributed by atoms with Crippen LogP contribution in [0.25, 0.3) is 5.57 Å². The molecule has 0 radical (unpaired) electrons. The highest BCUT2D eigenvalue weighted by atomic mass is 19.1. The van der Waals surface area contributed by atoms with Crippen LogP contribution in [0.1, 0.15) is 41.7 Å². The van der Waals surface area contributed by atoms with Crippen molar-refractivity contribution < 1.29 is 4.39 Å². The van der Waals surface area contributed by atoms with Gasteiger partial charge < -0.3 is 0 Å². The molecule has 0 aliphatic heterocycles. The van der Waals surface area contributed by atoms with Gasteiger partial charge in [-0.1, -0.05) is 35.4 Å². The fraction of sp³-hybridized carbons (Fsp3) is 0.263. The summed E-state index contributed by atoms with van der Waals surface area (Å²) in [5.74, 6) is -0.140. The van der Waals surface area contributed by atoms with Gasteiger partial charge in [0.1, 0.15) is 5.82 Å². The van der Waals surface area contributed by atoms with Crippen molar-refractivity contribution in [3.05, 3.63) is 75.6 Å². The number of benzene rings is 2. The summed E-state index contributed by atoms with van der Waals surface area (Å²) in [6.07, 6.45) is 1.88. The van der Waals surface area contributed by atoms with Gasteiger partial charge in [-0.3, -0.25) is 0 Å². The zero-order valence-electron chi connectivity index (χ0n) is 12.3. The van der Waals surface area contributed by atoms with Crippen LogP contribution in [0.4, 0.5) is 4.39 Å². The molecule has 0 N–H and O–H groups in total. The average molecular weight is 266 g/mol. The van der Waals surface area contributed by atoms with Crippen LogP contribution in [0.15, 0.2) is 42.0 Å². The monoisotopic (exact) mass is 266 g/mol. The molecule has 0 saturated carbocycles. The molecule has 0 amide bonds. The zero-order valence-corrected chi connectivity index (χ0v) is 12.3. The molecule has 0 bridgehead atoms. The number of aryl methyl sites for hydroxylation is 3. The van der Waals surface area contributed by atoms with Crippen LogP contribution in [-0.4, -0.2) is 0 Å². The summed E-state index contributed by atoms with van der Waals surface area (Å²) in [6, 6.07) is 11.8. The zero-order chi connectivity index (χ0) is 14.3. The van der Waals surface area contributed by atoms with E-state index in [-0.39, 0.29) is 5.82 Å². The predicted molar refractivity (Wildman–Crippen MR) is 82.4 cm³/mol. The van der Waals surface area contributed by atoms with E-state index < -0.39 is 0 Å². The summed E-state index contributed by atoms with van der Waals surface area (Å²) in [5, 5.41) is 0. The Morgan fingerprint density at radius 1 is 0.900 bits per heavy atom. The highest BCUT2D eigenvalue weighted by molar-refractivity contribution is 5.85. The number of hydrogen-bond acceptors (Lipinski definition) is 0. The van der Waals surface area contributed by atoms with Crippen molar-refractivity contribution >= 4 is 5.57 Å². The number of hydrogen-bond donors (Lipinski definition) is 0. The number of allylic oxidation sites excluding steroid dienone is 1. The molecule has 0 unspecified atom stereocenters. The largest absolute Gasteiger partial charge is 0.207 e. The molecule has 3 rings (SSSR count). The van der Waals surface area contributed by atoms with E-state index in [4.69, 9.17) is 0 Å². The second-order valence-corrected chi connectivity index (χ2v) is 5.84. The Bertz CT molecular complexity index is 648. The van der Waals surface area contributed by atoms with Crippen LogP contribution in [0.5, 0.6) is 0 Å². The fourth-order valence-electron chi connectivity index (χ4n) is 3.14. The highest BCUT2D eigenvalue weighted by Gasteiger charge is 2.19. The van der Waals surface area contributed by atoms with Gasteiger partial charge in [0.2, 0.25) is 0 Å². The Balaban J connectivity index is 2.30. The minimum Gasteiger partial charge on any atom is -0.207 e. The predicted octanol–water partition coefficient (Wildman–Crippen LogP) is 5.07. The van der Waals surface area contributed by atoms with Crippen LogP contribution in [-0.2, 0) is 12.8 Å². The van der Waals surface area contributed by atoms with Crippen molar-refractivity contribution in [3.8, 4) is 0 Å². The molecule has 0 nitrogen and oxygen atoms in total. The maximum Gasteiger partial charge on any atom is 0.123 e. The molecule has 0 heterocycles. The van der Waals surface area contributed by atoms with Gasteiger partial charge in [-0.2, -0.15) is 0 Å². The Hall–Kier alpha value is -1.89. The molecular formula is C19H19F. The molecular weight excluding hydrogens is 247 g/mol. The van der Waals surface area contributed by atoms with Crippen LogP contribution in [0.2, 0.25) is 0 Å². The Morgan fingerprint density at radius 2 is 1.50 bits per heavy atom. The van der Waals surface area contributed by atoms with Crippen LogP contribution < -0.4 is 0 Å². The van der Waals surface area contributed by atoms with Gasteiger partial charge in [-0.15, -0.1) is 0 Å². The molecule has 1 aliphatic carbocycles. The molecule has 0 saturated heterocycles. The first-order valence-corrected chi connectivity index (χ1v) is 7.12. The van der Waals surface area contributed by atoms with Crippen molar-refractivity contribution in [1.82, 2.24) is 0 Å². The molecule has 1 heteroatoms. The fourth-order valence-corrected chi connectivity index (χ4v) is 3.14. The topological polar surface area (TPSA) is 0 Å². The molecule has 0 fully saturated rings. The van der Waals surface area contributed by atoms with E-state index in [1.54, 1.807) is 12.1 Å². The van der Waals surface area contributed by atoms with Gasteiger partial charge in [0.15, 0.2) is 0 Å². The summed E-state index contributed by atoms with van der Waals surface area (Å²) < 4.78 is 13.5. The molecule has 0 spiro atoms. The van der Waals surface area contributed by atoms with Crippen molar-refractivity contribution in [1.29, 1.82) is 0 Å². The number of fused-ring (bicyclic) bond motifs is 2. The minimum atomic E-state index is -0.140. The third kappa shape index (κ3) is 2.18. The van der Waals surface area contributed by atoms with E-state index in [2.05, 4.69) is 39.0 Å². The molecule has 102 valence electrons. The van der Waals surface area contributed by atoms with Crippen LogP contribution in [0.3, 0.4) is 0 Å². The molecule has 0 atom stereocenters. The third-order valence-electron chi connectivity index (χ3n) is 4.03. The number of rotatable bonds is 0. The second-order valence-electron chi connectivity index (χ2n) is 5.84. The first-order chi connectivity index (χ1) is 9.56. The molecule has 1 aliphatic rings. The summed E-state index contributed by atoms with van der Waals surface area (Å²) in [7, 11) is 0. The standard InChI is InChI=1S/C19H19F/c1-12(2)19-17-8-4-13(3)10-14(17)5-6-15-11-16(20)7-9-18(15)19/h4,7-11H,5-6H2,1-3H3. The maximum absolute atomic E-state index is 13.5. The van der Waals surface area contributed by atoms with Gasteiger partial charge in [0.25, 0.3) is 0 Å². The molecule has 0 aromatic heterocycles. The first-order valence-electron chi connectivity index (χ1n) is 7.12. The van der Waals surface area contributed by atoms with Crippen molar-refractivity contribution in [2.24, 2.45) is 0 Å². The minimum absolute atomic E-state index is 0.140. The lowest BCUT2D eigenvalue weighted by atomic mass is 9.90. The van der Waals surface area contributed by atoms with Crippen LogP contribution >= 0.6 is 0 Å². The second kappa shape index (κ2) is 4.90. The van der Waals surface area contributed by atoms with Crippen LogP contribution in [0, 0.1) is 12.7 Å². The summed E-state index contributed by atoms with van der Waals surface area (Å²) >= 11 is 0. The Labute approximate surface area is 120 Å². The van der Waals surface area contributed by atoms with Gasteiger partial charge in [-0.05, 0) is 73.6 Å². The summed E-state index contributed by atoms with van der Waals surface area (Å²) in [6.45, 7) is 6.40. The maximum atomic E-state index is 13.5. The van der Waals surface area contributed by atoms with E-state index in [0.717, 1.165) is 18.4 Å². The molecule has 2 aromatic rings. The molecule has 20 heavy (non-hydrogen) atoms. The number of halogens is 1. The normalized spacial score (nSPS) is 13.5. The smallest absolute Gasteiger partial charge is 0.123 e. The Morgan fingerprint density at radius 3 is 2.15 bits per heavy atom. The first kappa shape index (κ1) is 13.1. The van der Waals surface area contributed by atoms with E-state index in [1.165, 1.54) is 33.4 Å². The third-order valence-corrected chi connectivity index (χ3v) is 4.03. The van der Waals surface area contributed by atoms with E-state index in [1.807, 2.05) is 6.07 Å². The lowest BCUT2D eigenvalue weighted by molar-refractivity contribution is 0.625. The van der Waals surface area contributed by atoms with E-state index >= 15 is 0 Å². The lowest BCUT2D eigenvalue weighted by Crippen LogP contribution is -1.95. The lowest BCUT2D eigenvalue weighted by Gasteiger charge is -2.14. The average Bonchev–Trinajstić information content (AvgIpc) is 2.55. The summed E-state index contributed by atoms with van der Waals surface area (Å²) in [5.41, 5.74) is 8.83. The van der Waals surface area contributed by atoms with E-state index in [9.17, 15) is 4.39 Å². The quantitative estimate of drug-likeness (QED) is 0.624. The Kier molecular flexibility index (Phi) is 3.21. The van der Waals surface area contributed by atoms with E-state index in [0.29, 0.717) is 0 Å². The molecule has 2 aromatic carbocycles. The van der Waals surface area contributed by atoms with Gasteiger partial charge in [0, 0.05) is 0 Å². The van der Waals surface area contributed by atoms with Crippen molar-refractivity contribution in [2.75, 3.05) is 0 Å². The van der Waals surface area contributed by atoms with Gasteiger partial charge in [0.05, 0.1) is 0 Å². The van der Waals surface area contributed by atoms with Gasteiger partial charge in [-0.25, -0.2) is 4.39 Å². The van der Waals surface area contributed by atoms with Gasteiger partial charge >= 0.3 is 0 Å². The van der Waals surface area contributed by atoms with Crippen molar-refractivity contribution in [3.63, 3.8) is 0 Å². The van der Waals surface area contributed by atoms with Crippen molar-refractivity contribution in [2.45, 2.75) is 33.6 Å². The summed E-state index contributed by atoms with van der Waals surface area (Å²) in [4.78, 5) is 0.